The maximum absolute atomic E-state index is 12.6. The first kappa shape index (κ1) is 14.4. The molecule has 114 valence electrons. The van der Waals surface area contributed by atoms with Crippen molar-refractivity contribution in [2.45, 2.75) is 18.9 Å². The van der Waals surface area contributed by atoms with Gasteiger partial charge in [-0.05, 0) is 24.6 Å². The average molecular weight is 290 g/mol. The third kappa shape index (κ3) is 3.19. The van der Waals surface area contributed by atoms with Crippen LogP contribution in [0.5, 0.6) is 5.75 Å². The molecule has 1 saturated heterocycles. The number of hydrogen-bond donors (Lipinski definition) is 1. The van der Waals surface area contributed by atoms with E-state index >= 15 is 0 Å². The number of fused-ring (bicyclic) bond motifs is 1. The predicted octanol–water partition coefficient (Wildman–Crippen LogP) is 0.517. The lowest BCUT2D eigenvalue weighted by molar-refractivity contribution is -0.137. The van der Waals surface area contributed by atoms with Gasteiger partial charge in [-0.3, -0.25) is 9.69 Å². The number of hydrogen-bond acceptors (Lipinski definition) is 4. The number of carbonyl (C=O) groups is 1. The largest absolute Gasteiger partial charge is 0.480 e. The quantitative estimate of drug-likeness (QED) is 0.881. The van der Waals surface area contributed by atoms with Crippen molar-refractivity contribution in [3.05, 3.63) is 29.8 Å². The molecule has 0 radical (unpaired) electrons. The van der Waals surface area contributed by atoms with Gasteiger partial charge in [-0.25, -0.2) is 0 Å². The van der Waals surface area contributed by atoms with Crippen LogP contribution in [0.4, 0.5) is 0 Å². The molecular formula is C16H22N2O3. The van der Waals surface area contributed by atoms with Crippen LogP contribution in [0.1, 0.15) is 12.0 Å². The Morgan fingerprint density at radius 1 is 1.24 bits per heavy atom. The molecule has 1 amide bonds. The molecule has 1 aromatic carbocycles. The zero-order chi connectivity index (χ0) is 14.7. The number of benzene rings is 1. The summed E-state index contributed by atoms with van der Waals surface area (Å²) in [6.45, 7) is 4.12. The summed E-state index contributed by atoms with van der Waals surface area (Å²) in [6.07, 6.45) is 1.25. The summed E-state index contributed by atoms with van der Waals surface area (Å²) >= 11 is 0. The first-order chi connectivity index (χ1) is 10.3. The van der Waals surface area contributed by atoms with Crippen LogP contribution in [0, 0.1) is 0 Å². The van der Waals surface area contributed by atoms with Gasteiger partial charge >= 0.3 is 0 Å². The molecule has 5 heteroatoms. The summed E-state index contributed by atoms with van der Waals surface area (Å²) < 4.78 is 5.79. The Kier molecular flexibility index (Phi) is 4.41. The second kappa shape index (κ2) is 6.45. The molecule has 0 aliphatic carbocycles. The number of aliphatic hydroxyl groups is 1. The molecule has 0 spiro atoms. The smallest absolute Gasteiger partial charge is 0.264 e. The van der Waals surface area contributed by atoms with Crippen molar-refractivity contribution in [1.82, 2.24) is 9.80 Å². The molecule has 0 bridgehead atoms. The Morgan fingerprint density at radius 2 is 2.10 bits per heavy atom. The van der Waals surface area contributed by atoms with Crippen LogP contribution in [0.15, 0.2) is 24.3 Å². The SMILES string of the molecule is O=C(C1Cc2ccccc2O1)N1CCCN(CCO)CC1. The Labute approximate surface area is 125 Å². The van der Waals surface area contributed by atoms with E-state index in [4.69, 9.17) is 9.84 Å². The fraction of sp³-hybridized carbons (Fsp3) is 0.562. The minimum atomic E-state index is -0.369. The first-order valence-corrected chi connectivity index (χ1v) is 7.64. The normalized spacial score (nSPS) is 22.5. The van der Waals surface area contributed by atoms with E-state index in [1.165, 1.54) is 0 Å². The van der Waals surface area contributed by atoms with Crippen molar-refractivity contribution in [2.75, 3.05) is 39.3 Å². The molecule has 0 saturated carbocycles. The van der Waals surface area contributed by atoms with E-state index in [1.54, 1.807) is 0 Å². The molecule has 1 fully saturated rings. The second-order valence-corrected chi connectivity index (χ2v) is 5.66. The lowest BCUT2D eigenvalue weighted by Gasteiger charge is -2.24. The highest BCUT2D eigenvalue weighted by Crippen LogP contribution is 2.29. The van der Waals surface area contributed by atoms with Crippen LogP contribution in [-0.4, -0.2) is 66.2 Å². The van der Waals surface area contributed by atoms with Crippen molar-refractivity contribution < 1.29 is 14.6 Å². The first-order valence-electron chi connectivity index (χ1n) is 7.64. The van der Waals surface area contributed by atoms with Gasteiger partial charge in [0.25, 0.3) is 5.91 Å². The minimum Gasteiger partial charge on any atom is -0.480 e. The number of amides is 1. The summed E-state index contributed by atoms with van der Waals surface area (Å²) in [5.41, 5.74) is 1.12. The van der Waals surface area contributed by atoms with Crippen molar-refractivity contribution in [2.24, 2.45) is 0 Å². The van der Waals surface area contributed by atoms with Gasteiger partial charge < -0.3 is 14.7 Å². The van der Waals surface area contributed by atoms with Crippen LogP contribution in [0.25, 0.3) is 0 Å². The van der Waals surface area contributed by atoms with E-state index in [0.717, 1.165) is 43.9 Å². The lowest BCUT2D eigenvalue weighted by Crippen LogP contribution is -2.43. The topological polar surface area (TPSA) is 53.0 Å². The summed E-state index contributed by atoms with van der Waals surface area (Å²) in [7, 11) is 0. The molecule has 1 aromatic rings. The number of β-amino-alcohol motifs (C(OH)–C–C–N with tert-alkyl or cyclic N) is 1. The molecule has 1 unspecified atom stereocenters. The molecule has 3 rings (SSSR count). The van der Waals surface area contributed by atoms with Crippen molar-refractivity contribution in [3.63, 3.8) is 0 Å². The van der Waals surface area contributed by atoms with Gasteiger partial charge in [0, 0.05) is 32.6 Å². The van der Waals surface area contributed by atoms with Gasteiger partial charge in [-0.15, -0.1) is 0 Å². The van der Waals surface area contributed by atoms with E-state index in [9.17, 15) is 4.79 Å². The molecule has 21 heavy (non-hydrogen) atoms. The zero-order valence-corrected chi connectivity index (χ0v) is 12.2. The predicted molar refractivity (Wildman–Crippen MR) is 79.3 cm³/mol. The van der Waals surface area contributed by atoms with Gasteiger partial charge in [0.2, 0.25) is 0 Å². The number of aliphatic hydroxyl groups excluding tert-OH is 1. The maximum atomic E-state index is 12.6. The fourth-order valence-electron chi connectivity index (χ4n) is 3.08. The van der Waals surface area contributed by atoms with Crippen molar-refractivity contribution >= 4 is 5.91 Å². The lowest BCUT2D eigenvalue weighted by atomic mass is 10.1. The van der Waals surface area contributed by atoms with Crippen LogP contribution < -0.4 is 4.74 Å². The van der Waals surface area contributed by atoms with Gasteiger partial charge in [0.1, 0.15) is 5.75 Å². The number of nitrogens with zero attached hydrogens (tertiary/aromatic N) is 2. The monoisotopic (exact) mass is 290 g/mol. The highest BCUT2D eigenvalue weighted by molar-refractivity contribution is 5.82. The fourth-order valence-corrected chi connectivity index (χ4v) is 3.08. The Bertz CT molecular complexity index is 481. The average Bonchev–Trinajstić information content (AvgIpc) is 2.80. The number of carbonyl (C=O) groups excluding carboxylic acids is 1. The highest BCUT2D eigenvalue weighted by atomic mass is 16.5. The van der Waals surface area contributed by atoms with E-state index in [1.807, 2.05) is 29.2 Å². The molecule has 5 nitrogen and oxygen atoms in total. The van der Waals surface area contributed by atoms with E-state index < -0.39 is 0 Å². The van der Waals surface area contributed by atoms with Crippen LogP contribution in [-0.2, 0) is 11.2 Å². The third-order valence-electron chi connectivity index (χ3n) is 4.24. The zero-order valence-electron chi connectivity index (χ0n) is 12.2. The van der Waals surface area contributed by atoms with E-state index in [0.29, 0.717) is 13.0 Å². The number of para-hydroxylation sites is 1. The van der Waals surface area contributed by atoms with Gasteiger partial charge in [-0.1, -0.05) is 18.2 Å². The molecule has 2 aliphatic heterocycles. The molecular weight excluding hydrogens is 268 g/mol. The number of rotatable bonds is 3. The summed E-state index contributed by atoms with van der Waals surface area (Å²) in [5, 5.41) is 9.02. The second-order valence-electron chi connectivity index (χ2n) is 5.66. The van der Waals surface area contributed by atoms with Crippen molar-refractivity contribution in [1.29, 1.82) is 0 Å². The van der Waals surface area contributed by atoms with Crippen LogP contribution >= 0.6 is 0 Å². The summed E-state index contributed by atoms with van der Waals surface area (Å²) in [4.78, 5) is 16.7. The number of ether oxygens (including phenoxy) is 1. The molecule has 2 aliphatic rings. The summed E-state index contributed by atoms with van der Waals surface area (Å²) in [6, 6.07) is 7.86. The van der Waals surface area contributed by atoms with E-state index in [2.05, 4.69) is 4.90 Å². The Hall–Kier alpha value is -1.59. The highest BCUT2D eigenvalue weighted by Gasteiger charge is 2.32. The van der Waals surface area contributed by atoms with Gasteiger partial charge in [0.05, 0.1) is 6.61 Å². The standard InChI is InChI=1S/C16H22N2O3/c19-11-10-17-6-3-7-18(9-8-17)16(20)15-12-13-4-1-2-5-14(13)21-15/h1-2,4-5,15,19H,3,6-12H2. The summed E-state index contributed by atoms with van der Waals surface area (Å²) in [5.74, 6) is 0.935. The molecule has 1 N–H and O–H groups in total. The maximum Gasteiger partial charge on any atom is 0.264 e. The Balaban J connectivity index is 1.59. The van der Waals surface area contributed by atoms with Crippen molar-refractivity contribution in [3.8, 4) is 5.75 Å². The van der Waals surface area contributed by atoms with Crippen LogP contribution in [0.3, 0.4) is 0 Å². The Morgan fingerprint density at radius 3 is 2.90 bits per heavy atom. The minimum absolute atomic E-state index is 0.0945. The molecule has 1 atom stereocenters. The van der Waals surface area contributed by atoms with Crippen LogP contribution in [0.2, 0.25) is 0 Å². The third-order valence-corrected chi connectivity index (χ3v) is 4.24. The molecule has 0 aromatic heterocycles. The van der Waals surface area contributed by atoms with E-state index in [-0.39, 0.29) is 18.6 Å². The van der Waals surface area contributed by atoms with Gasteiger partial charge in [0.15, 0.2) is 6.10 Å². The van der Waals surface area contributed by atoms with Gasteiger partial charge in [-0.2, -0.15) is 0 Å². The molecule has 2 heterocycles.